The highest BCUT2D eigenvalue weighted by Crippen LogP contribution is 2.50. The third-order valence-electron chi connectivity index (χ3n) is 6.20. The van der Waals surface area contributed by atoms with Crippen molar-refractivity contribution in [1.29, 1.82) is 0 Å². The molecule has 2 aliphatic heterocycles. The fourth-order valence-electron chi connectivity index (χ4n) is 4.85. The average molecular weight is 303 g/mol. The highest BCUT2D eigenvalue weighted by molar-refractivity contribution is 5.13. The second-order valence-corrected chi connectivity index (χ2v) is 7.65. The largest absolute Gasteiger partial charge is 0.378 e. The van der Waals surface area contributed by atoms with E-state index in [9.17, 15) is 0 Å². The van der Waals surface area contributed by atoms with Crippen LogP contribution in [0.15, 0.2) is 12.4 Å². The zero-order valence-corrected chi connectivity index (χ0v) is 13.8. The Kier molecular flexibility index (Phi) is 3.99. The minimum atomic E-state index is 0.450. The van der Waals surface area contributed by atoms with Crippen molar-refractivity contribution in [3.05, 3.63) is 18.0 Å². The minimum Gasteiger partial charge on any atom is -0.378 e. The molecule has 3 heterocycles. The molecule has 3 aliphatic rings. The lowest BCUT2D eigenvalue weighted by Crippen LogP contribution is -2.51. The molecule has 0 spiro atoms. The van der Waals surface area contributed by atoms with Crippen LogP contribution in [0, 0.1) is 5.41 Å². The van der Waals surface area contributed by atoms with Gasteiger partial charge in [-0.05, 0) is 51.5 Å². The molecule has 1 aromatic rings. The van der Waals surface area contributed by atoms with Gasteiger partial charge in [-0.3, -0.25) is 9.58 Å². The zero-order valence-electron chi connectivity index (χ0n) is 13.8. The summed E-state index contributed by atoms with van der Waals surface area (Å²) in [6.45, 7) is 3.46. The Morgan fingerprint density at radius 3 is 2.77 bits per heavy atom. The van der Waals surface area contributed by atoms with Crippen LogP contribution in [0.1, 0.15) is 63.0 Å². The van der Waals surface area contributed by atoms with Gasteiger partial charge in [-0.25, -0.2) is 0 Å². The highest BCUT2D eigenvalue weighted by Gasteiger charge is 2.47. The number of aromatic nitrogens is 2. The van der Waals surface area contributed by atoms with Crippen LogP contribution in [0.5, 0.6) is 0 Å². The average Bonchev–Trinajstić information content (AvgIpc) is 3.12. The number of hydrogen-bond acceptors (Lipinski definition) is 3. The first kappa shape index (κ1) is 14.7. The molecular formula is C18H29N3O. The molecule has 0 N–H and O–H groups in total. The first-order chi connectivity index (χ1) is 10.8. The SMILES string of the molecule is Cn1cc(C2CCCN2CC2(C3CCCCO3)CCC2)cn1. The van der Waals surface area contributed by atoms with Crippen LogP contribution < -0.4 is 0 Å². The lowest BCUT2D eigenvalue weighted by atomic mass is 9.63. The zero-order chi connectivity index (χ0) is 15.0. The molecule has 122 valence electrons. The van der Waals surface area contributed by atoms with Crippen LogP contribution in [0.25, 0.3) is 0 Å². The smallest absolute Gasteiger partial charge is 0.0643 e. The second kappa shape index (κ2) is 5.97. The quantitative estimate of drug-likeness (QED) is 0.855. The summed E-state index contributed by atoms with van der Waals surface area (Å²) in [5.41, 5.74) is 1.85. The molecule has 1 aliphatic carbocycles. The Hall–Kier alpha value is -0.870. The van der Waals surface area contributed by atoms with Crippen molar-refractivity contribution in [2.75, 3.05) is 19.7 Å². The van der Waals surface area contributed by atoms with Crippen LogP contribution in [0.4, 0.5) is 0 Å². The van der Waals surface area contributed by atoms with Crippen molar-refractivity contribution in [2.24, 2.45) is 12.5 Å². The van der Waals surface area contributed by atoms with Gasteiger partial charge in [0.25, 0.3) is 0 Å². The Morgan fingerprint density at radius 1 is 1.23 bits per heavy atom. The Labute approximate surface area is 133 Å². The molecule has 2 saturated heterocycles. The molecule has 4 heteroatoms. The third kappa shape index (κ3) is 2.61. The number of ether oxygens (including phenoxy) is 1. The van der Waals surface area contributed by atoms with Gasteiger partial charge in [0.1, 0.15) is 0 Å². The van der Waals surface area contributed by atoms with Crippen molar-refractivity contribution in [3.63, 3.8) is 0 Å². The lowest BCUT2D eigenvalue weighted by molar-refractivity contribution is -0.117. The van der Waals surface area contributed by atoms with Gasteiger partial charge in [0.05, 0.1) is 12.3 Å². The van der Waals surface area contributed by atoms with Gasteiger partial charge >= 0.3 is 0 Å². The van der Waals surface area contributed by atoms with Crippen LogP contribution in [-0.2, 0) is 11.8 Å². The predicted octanol–water partition coefficient (Wildman–Crippen LogP) is 3.30. The molecule has 2 atom stereocenters. The van der Waals surface area contributed by atoms with Crippen molar-refractivity contribution < 1.29 is 4.74 Å². The summed E-state index contributed by atoms with van der Waals surface area (Å²) in [5, 5.41) is 4.38. The van der Waals surface area contributed by atoms with E-state index in [1.807, 2.05) is 11.7 Å². The van der Waals surface area contributed by atoms with Gasteiger partial charge in [0.15, 0.2) is 0 Å². The van der Waals surface area contributed by atoms with Gasteiger partial charge < -0.3 is 4.74 Å². The number of nitrogens with zero attached hydrogens (tertiary/aromatic N) is 3. The van der Waals surface area contributed by atoms with E-state index in [-0.39, 0.29) is 0 Å². The van der Waals surface area contributed by atoms with Crippen molar-refractivity contribution in [3.8, 4) is 0 Å². The van der Waals surface area contributed by atoms with E-state index in [1.54, 1.807) is 0 Å². The Bertz CT molecular complexity index is 502. The topological polar surface area (TPSA) is 30.3 Å². The van der Waals surface area contributed by atoms with Crippen LogP contribution in [0.3, 0.4) is 0 Å². The van der Waals surface area contributed by atoms with E-state index < -0.39 is 0 Å². The first-order valence-electron chi connectivity index (χ1n) is 9.11. The number of aryl methyl sites for hydroxylation is 1. The Balaban J connectivity index is 1.48. The molecule has 22 heavy (non-hydrogen) atoms. The van der Waals surface area contributed by atoms with Gasteiger partial charge in [-0.2, -0.15) is 5.10 Å². The van der Waals surface area contributed by atoms with Crippen LogP contribution in [-0.4, -0.2) is 40.5 Å². The van der Waals surface area contributed by atoms with Gasteiger partial charge in [0.2, 0.25) is 0 Å². The van der Waals surface area contributed by atoms with Crippen molar-refractivity contribution in [1.82, 2.24) is 14.7 Å². The molecule has 2 unspecified atom stereocenters. The maximum atomic E-state index is 6.20. The normalized spacial score (nSPS) is 32.0. The summed E-state index contributed by atoms with van der Waals surface area (Å²) in [4.78, 5) is 2.73. The number of hydrogen-bond donors (Lipinski definition) is 0. The molecule has 0 amide bonds. The fraction of sp³-hybridized carbons (Fsp3) is 0.833. The molecule has 0 radical (unpaired) electrons. The molecule has 0 bridgehead atoms. The molecule has 3 fully saturated rings. The maximum Gasteiger partial charge on any atom is 0.0643 e. The third-order valence-corrected chi connectivity index (χ3v) is 6.20. The highest BCUT2D eigenvalue weighted by atomic mass is 16.5. The molecule has 4 rings (SSSR count). The van der Waals surface area contributed by atoms with E-state index in [4.69, 9.17) is 4.74 Å². The van der Waals surface area contributed by atoms with E-state index >= 15 is 0 Å². The summed E-state index contributed by atoms with van der Waals surface area (Å²) in [7, 11) is 2.02. The second-order valence-electron chi connectivity index (χ2n) is 7.65. The lowest BCUT2D eigenvalue weighted by Gasteiger charge is -2.51. The maximum absolute atomic E-state index is 6.20. The monoisotopic (exact) mass is 303 g/mol. The summed E-state index contributed by atoms with van der Waals surface area (Å²) < 4.78 is 8.14. The molecule has 0 aromatic carbocycles. The van der Waals surface area contributed by atoms with Gasteiger partial charge in [-0.15, -0.1) is 0 Å². The summed E-state index contributed by atoms with van der Waals surface area (Å²) >= 11 is 0. The van der Waals surface area contributed by atoms with Gasteiger partial charge in [-0.1, -0.05) is 6.42 Å². The summed E-state index contributed by atoms with van der Waals surface area (Å²) in [6.07, 6.45) is 15.4. The van der Waals surface area contributed by atoms with E-state index in [1.165, 1.54) is 70.0 Å². The number of likely N-dealkylation sites (tertiary alicyclic amines) is 1. The molecular weight excluding hydrogens is 274 g/mol. The first-order valence-corrected chi connectivity index (χ1v) is 9.11. The van der Waals surface area contributed by atoms with Crippen molar-refractivity contribution >= 4 is 0 Å². The fourth-order valence-corrected chi connectivity index (χ4v) is 4.85. The van der Waals surface area contributed by atoms with Crippen LogP contribution >= 0.6 is 0 Å². The van der Waals surface area contributed by atoms with E-state index in [0.29, 0.717) is 17.6 Å². The number of rotatable bonds is 4. The predicted molar refractivity (Wildman–Crippen MR) is 86.6 cm³/mol. The van der Waals surface area contributed by atoms with Crippen molar-refractivity contribution in [2.45, 2.75) is 63.5 Å². The molecule has 1 aromatic heterocycles. The molecule has 1 saturated carbocycles. The van der Waals surface area contributed by atoms with E-state index in [2.05, 4.69) is 22.4 Å². The van der Waals surface area contributed by atoms with Gasteiger partial charge in [0, 0.05) is 43.4 Å². The van der Waals surface area contributed by atoms with E-state index in [0.717, 1.165) is 6.61 Å². The summed E-state index contributed by atoms with van der Waals surface area (Å²) in [5.74, 6) is 0. The Morgan fingerprint density at radius 2 is 2.14 bits per heavy atom. The standard InChI is InChI=1S/C18H29N3O/c1-20-13-15(12-19-20)16-6-4-10-21(16)14-18(8-5-9-18)17-7-2-3-11-22-17/h12-13,16-17H,2-11,14H2,1H3. The molecule has 4 nitrogen and oxygen atoms in total. The minimum absolute atomic E-state index is 0.450. The van der Waals surface area contributed by atoms with Crippen LogP contribution in [0.2, 0.25) is 0 Å². The summed E-state index contributed by atoms with van der Waals surface area (Å²) in [6, 6.07) is 0.578.